The van der Waals surface area contributed by atoms with Crippen molar-refractivity contribution in [2.45, 2.75) is 36.0 Å². The predicted octanol–water partition coefficient (Wildman–Crippen LogP) is 6.15. The minimum Gasteiger partial charge on any atom is -0.478 e. The molecule has 0 heterocycles. The van der Waals surface area contributed by atoms with Crippen LogP contribution in [-0.2, 0) is 15.3 Å². The summed E-state index contributed by atoms with van der Waals surface area (Å²) in [5, 5.41) is 13.1. The monoisotopic (exact) mass is 531 g/mol. The fourth-order valence-corrected chi connectivity index (χ4v) is 6.30. The molecule has 0 aromatic heterocycles. The van der Waals surface area contributed by atoms with Crippen molar-refractivity contribution in [3.05, 3.63) is 88.4 Å². The number of hydrogen-bond acceptors (Lipinski definition) is 5. The predicted molar refractivity (Wildman–Crippen MR) is 141 cm³/mol. The molecule has 6 nitrogen and oxygen atoms in total. The van der Waals surface area contributed by atoms with Gasteiger partial charge in [-0.05, 0) is 53.4 Å². The van der Waals surface area contributed by atoms with Gasteiger partial charge in [0, 0.05) is 15.7 Å². The fourth-order valence-electron chi connectivity index (χ4n) is 3.50. The van der Waals surface area contributed by atoms with Gasteiger partial charge in [0.25, 0.3) is 5.91 Å². The van der Waals surface area contributed by atoms with Gasteiger partial charge in [-0.15, -0.1) is 11.8 Å². The number of benzene rings is 3. The Balaban J connectivity index is 1.79. The molecule has 0 unspecified atom stereocenters. The molecule has 0 bridgehead atoms. The van der Waals surface area contributed by atoms with E-state index in [4.69, 9.17) is 11.6 Å². The number of halogens is 1. The van der Waals surface area contributed by atoms with Gasteiger partial charge in [-0.1, -0.05) is 56.6 Å². The van der Waals surface area contributed by atoms with Crippen LogP contribution in [0.2, 0.25) is 5.02 Å². The number of thioether (sulfide) groups is 1. The Hall–Kier alpha value is -2.81. The third-order valence-electron chi connectivity index (χ3n) is 5.25. The van der Waals surface area contributed by atoms with Crippen LogP contribution in [0, 0.1) is 0 Å². The van der Waals surface area contributed by atoms with E-state index >= 15 is 0 Å². The number of nitrogens with one attached hydrogen (secondary N) is 1. The average molecular weight is 532 g/mol. The summed E-state index contributed by atoms with van der Waals surface area (Å²) in [5.74, 6) is -1.55. The number of rotatable bonds is 8. The van der Waals surface area contributed by atoms with Crippen molar-refractivity contribution >= 4 is 50.8 Å². The number of carboxylic acids is 1. The van der Waals surface area contributed by atoms with Crippen LogP contribution in [0.3, 0.4) is 0 Å². The van der Waals surface area contributed by atoms with Gasteiger partial charge >= 0.3 is 5.97 Å². The maximum atomic E-state index is 13.1. The molecule has 2 N–H and O–H groups in total. The van der Waals surface area contributed by atoms with E-state index in [0.29, 0.717) is 21.2 Å². The molecular weight excluding hydrogens is 506 g/mol. The number of anilines is 1. The molecule has 0 aliphatic rings. The van der Waals surface area contributed by atoms with Crippen LogP contribution in [0.5, 0.6) is 0 Å². The van der Waals surface area contributed by atoms with E-state index in [2.05, 4.69) is 5.32 Å². The van der Waals surface area contributed by atoms with Crippen molar-refractivity contribution < 1.29 is 23.1 Å². The molecule has 0 saturated carbocycles. The number of carbonyl (C=O) groups excluding carboxylic acids is 1. The quantitative estimate of drug-likeness (QED) is 0.338. The second-order valence-corrected chi connectivity index (χ2v) is 12.5. The standard InChI is InChI=1S/C26H26ClNO5S2/c1-26(2,3)20-8-6-7-19(23(20)25(30)31)24(29)28-21-9-4-5-10-22(21)34-15-16-35(32,33)18-13-11-17(27)12-14-18/h4-14H,15-16H2,1-3H3,(H,28,29)(H,30,31). The number of hydrogen-bond donors (Lipinski definition) is 2. The van der Waals surface area contributed by atoms with E-state index in [1.807, 2.05) is 20.8 Å². The van der Waals surface area contributed by atoms with Gasteiger partial charge < -0.3 is 10.4 Å². The van der Waals surface area contributed by atoms with E-state index < -0.39 is 27.1 Å². The molecule has 0 spiro atoms. The lowest BCUT2D eigenvalue weighted by Gasteiger charge is -2.23. The van der Waals surface area contributed by atoms with E-state index in [0.717, 1.165) is 0 Å². The molecule has 0 aliphatic carbocycles. The molecule has 0 fully saturated rings. The third-order valence-corrected chi connectivity index (χ3v) is 8.57. The van der Waals surface area contributed by atoms with Crippen LogP contribution in [0.4, 0.5) is 5.69 Å². The van der Waals surface area contributed by atoms with Gasteiger partial charge in [0.2, 0.25) is 0 Å². The van der Waals surface area contributed by atoms with E-state index in [9.17, 15) is 23.1 Å². The van der Waals surface area contributed by atoms with Crippen LogP contribution in [0.15, 0.2) is 76.5 Å². The van der Waals surface area contributed by atoms with Gasteiger partial charge in [0.1, 0.15) is 0 Å². The average Bonchev–Trinajstić information content (AvgIpc) is 2.79. The zero-order valence-corrected chi connectivity index (χ0v) is 21.9. The van der Waals surface area contributed by atoms with Crippen LogP contribution in [-0.4, -0.2) is 36.9 Å². The highest BCUT2D eigenvalue weighted by Gasteiger charge is 2.27. The number of sulfone groups is 1. The molecule has 35 heavy (non-hydrogen) atoms. The molecule has 1 amide bonds. The number of aromatic carboxylic acids is 1. The zero-order chi connectivity index (χ0) is 25.8. The lowest BCUT2D eigenvalue weighted by Crippen LogP contribution is -2.23. The Morgan fingerprint density at radius 2 is 1.63 bits per heavy atom. The molecule has 0 saturated heterocycles. The molecule has 3 rings (SSSR count). The lowest BCUT2D eigenvalue weighted by atomic mass is 9.82. The molecular formula is C26H26ClNO5S2. The first-order chi connectivity index (χ1) is 16.4. The maximum absolute atomic E-state index is 13.1. The zero-order valence-electron chi connectivity index (χ0n) is 19.5. The third kappa shape index (κ3) is 6.66. The molecule has 3 aromatic carbocycles. The Morgan fingerprint density at radius 3 is 2.26 bits per heavy atom. The summed E-state index contributed by atoms with van der Waals surface area (Å²) in [4.78, 5) is 26.0. The highest BCUT2D eigenvalue weighted by atomic mass is 35.5. The van der Waals surface area contributed by atoms with Crippen molar-refractivity contribution in [3.63, 3.8) is 0 Å². The van der Waals surface area contributed by atoms with Crippen LogP contribution >= 0.6 is 23.4 Å². The summed E-state index contributed by atoms with van der Waals surface area (Å²) in [6, 6.07) is 17.9. The molecule has 0 atom stereocenters. The molecule has 184 valence electrons. The van der Waals surface area contributed by atoms with Gasteiger partial charge in [-0.25, -0.2) is 13.2 Å². The smallest absolute Gasteiger partial charge is 0.336 e. The van der Waals surface area contributed by atoms with Crippen molar-refractivity contribution in [3.8, 4) is 0 Å². The van der Waals surface area contributed by atoms with Crippen LogP contribution in [0.1, 0.15) is 47.1 Å². The SMILES string of the molecule is CC(C)(C)c1cccc(C(=O)Nc2ccccc2SCCS(=O)(=O)c2ccc(Cl)cc2)c1C(=O)O. The second-order valence-electron chi connectivity index (χ2n) is 8.85. The first-order valence-corrected chi connectivity index (χ1v) is 13.8. The largest absolute Gasteiger partial charge is 0.478 e. The minimum atomic E-state index is -3.49. The Labute approximate surface area is 214 Å². The first kappa shape index (κ1) is 26.8. The number of carboxylic acid groups (broad SMARTS) is 1. The van der Waals surface area contributed by atoms with Gasteiger partial charge in [-0.3, -0.25) is 4.79 Å². The van der Waals surface area contributed by atoms with Gasteiger partial charge in [0.15, 0.2) is 9.84 Å². The number of carbonyl (C=O) groups is 2. The molecule has 0 aliphatic heterocycles. The summed E-state index contributed by atoms with van der Waals surface area (Å²) >= 11 is 7.13. The van der Waals surface area contributed by atoms with Gasteiger partial charge in [-0.2, -0.15) is 0 Å². The number of para-hydroxylation sites is 1. The topological polar surface area (TPSA) is 101 Å². The highest BCUT2D eigenvalue weighted by molar-refractivity contribution is 8.00. The lowest BCUT2D eigenvalue weighted by molar-refractivity contribution is 0.0689. The van der Waals surface area contributed by atoms with E-state index in [1.54, 1.807) is 36.4 Å². The minimum absolute atomic E-state index is 0.0308. The van der Waals surface area contributed by atoms with Crippen molar-refractivity contribution in [2.75, 3.05) is 16.8 Å². The summed E-state index contributed by atoms with van der Waals surface area (Å²) in [6.07, 6.45) is 0. The highest BCUT2D eigenvalue weighted by Crippen LogP contribution is 2.31. The first-order valence-electron chi connectivity index (χ1n) is 10.8. The van der Waals surface area contributed by atoms with E-state index in [1.165, 1.54) is 42.1 Å². The second kappa shape index (κ2) is 10.8. The fraction of sp³-hybridized carbons (Fsp3) is 0.231. The van der Waals surface area contributed by atoms with Gasteiger partial charge in [0.05, 0.1) is 27.5 Å². The normalized spacial score (nSPS) is 11.8. The van der Waals surface area contributed by atoms with Crippen molar-refractivity contribution in [1.82, 2.24) is 0 Å². The maximum Gasteiger partial charge on any atom is 0.336 e. The van der Waals surface area contributed by atoms with Crippen molar-refractivity contribution in [1.29, 1.82) is 0 Å². The summed E-state index contributed by atoms with van der Waals surface area (Å²) in [7, 11) is -3.49. The summed E-state index contributed by atoms with van der Waals surface area (Å²) < 4.78 is 25.2. The Bertz CT molecular complexity index is 1350. The van der Waals surface area contributed by atoms with Crippen LogP contribution < -0.4 is 5.32 Å². The molecule has 3 aromatic rings. The summed E-state index contributed by atoms with van der Waals surface area (Å²) in [6.45, 7) is 5.67. The Morgan fingerprint density at radius 1 is 0.971 bits per heavy atom. The Kier molecular flexibility index (Phi) is 8.30. The summed E-state index contributed by atoms with van der Waals surface area (Å²) in [5.41, 5.74) is 0.608. The molecule has 0 radical (unpaired) electrons. The van der Waals surface area contributed by atoms with Crippen molar-refractivity contribution in [2.24, 2.45) is 0 Å². The number of amides is 1. The molecule has 9 heteroatoms. The van der Waals surface area contributed by atoms with E-state index in [-0.39, 0.29) is 27.5 Å². The van der Waals surface area contributed by atoms with Crippen LogP contribution in [0.25, 0.3) is 0 Å².